The number of aromatic carboxylic acids is 1. The van der Waals surface area contributed by atoms with Gasteiger partial charge in [0.15, 0.2) is 17.5 Å². The average molecular weight is 581 g/mol. The topological polar surface area (TPSA) is 95.1 Å². The molecule has 0 bridgehead atoms. The van der Waals surface area contributed by atoms with Crippen molar-refractivity contribution in [1.29, 1.82) is 0 Å². The normalized spacial score (nSPS) is 15.5. The number of carboxylic acids is 1. The van der Waals surface area contributed by atoms with E-state index in [1.54, 1.807) is 18.2 Å². The van der Waals surface area contributed by atoms with Gasteiger partial charge >= 0.3 is 5.97 Å². The summed E-state index contributed by atoms with van der Waals surface area (Å²) in [6.45, 7) is 8.69. The van der Waals surface area contributed by atoms with E-state index < -0.39 is 5.97 Å². The Labute approximate surface area is 256 Å². The van der Waals surface area contributed by atoms with Crippen LogP contribution < -0.4 is 10.2 Å². The third kappa shape index (κ3) is 4.65. The van der Waals surface area contributed by atoms with Gasteiger partial charge in [-0.05, 0) is 65.9 Å². The summed E-state index contributed by atoms with van der Waals surface area (Å²) in [5.41, 5.74) is 7.70. The van der Waals surface area contributed by atoms with Gasteiger partial charge in [0.25, 0.3) is 0 Å². The Morgan fingerprint density at radius 3 is 2.32 bits per heavy atom. The van der Waals surface area contributed by atoms with E-state index in [9.17, 15) is 9.90 Å². The van der Waals surface area contributed by atoms with Crippen LogP contribution in [0.25, 0.3) is 5.69 Å². The van der Waals surface area contributed by atoms with E-state index in [4.69, 9.17) is 15.1 Å². The van der Waals surface area contributed by atoms with Gasteiger partial charge in [-0.1, -0.05) is 81.4 Å². The first-order valence-electron chi connectivity index (χ1n) is 14.6. The lowest BCUT2D eigenvalue weighted by Crippen LogP contribution is -2.46. The number of nitrogens with zero attached hydrogens (tertiary/aromatic N) is 5. The maximum atomic E-state index is 11.7. The number of aliphatic imine (C=N–C) groups is 2. The van der Waals surface area contributed by atoms with Crippen molar-refractivity contribution in [2.24, 2.45) is 9.98 Å². The van der Waals surface area contributed by atoms with Gasteiger partial charge in [-0.2, -0.15) is 5.10 Å². The first-order chi connectivity index (χ1) is 21.2. The second kappa shape index (κ2) is 10.3. The van der Waals surface area contributed by atoms with Crippen LogP contribution >= 0.6 is 0 Å². The van der Waals surface area contributed by atoms with E-state index in [0.717, 1.165) is 39.7 Å². The number of anilines is 2. The molecule has 0 unspecified atom stereocenters. The van der Waals surface area contributed by atoms with E-state index in [1.165, 1.54) is 5.56 Å². The quantitative estimate of drug-likeness (QED) is 0.225. The van der Waals surface area contributed by atoms with Gasteiger partial charge in [-0.15, -0.1) is 0 Å². The van der Waals surface area contributed by atoms with Crippen LogP contribution in [-0.2, 0) is 5.41 Å². The Bertz CT molecular complexity index is 1970. The Morgan fingerprint density at radius 2 is 1.59 bits per heavy atom. The maximum absolute atomic E-state index is 11.7. The molecule has 44 heavy (non-hydrogen) atoms. The third-order valence-electron chi connectivity index (χ3n) is 8.10. The number of para-hydroxylation sites is 3. The van der Waals surface area contributed by atoms with Gasteiger partial charge in [0.2, 0.25) is 0 Å². The number of carboxylic acid groups (broad SMARTS) is 1. The lowest BCUT2D eigenvalue weighted by atomic mass is 9.85. The maximum Gasteiger partial charge on any atom is 0.335 e. The molecule has 0 spiro atoms. The third-order valence-corrected chi connectivity index (χ3v) is 8.10. The number of hydrogen-bond acceptors (Lipinski definition) is 6. The first-order valence-corrected chi connectivity index (χ1v) is 14.6. The summed E-state index contributed by atoms with van der Waals surface area (Å²) < 4.78 is 1.90. The van der Waals surface area contributed by atoms with E-state index in [-0.39, 0.29) is 17.0 Å². The van der Waals surface area contributed by atoms with Crippen molar-refractivity contribution in [3.63, 3.8) is 0 Å². The highest BCUT2D eigenvalue weighted by Gasteiger charge is 2.41. The fraction of sp³-hybridized carbons (Fsp3) is 0.167. The number of nitrogens with one attached hydrogen (secondary N) is 1. The predicted octanol–water partition coefficient (Wildman–Crippen LogP) is 7.97. The zero-order chi connectivity index (χ0) is 30.6. The minimum absolute atomic E-state index is 0.0168. The Hall–Kier alpha value is -5.50. The molecule has 1 aromatic heterocycles. The van der Waals surface area contributed by atoms with Gasteiger partial charge < -0.3 is 15.3 Å². The largest absolute Gasteiger partial charge is 0.478 e. The molecular formula is C36H32N6O2. The molecule has 2 aliphatic rings. The Kier molecular flexibility index (Phi) is 6.43. The lowest BCUT2D eigenvalue weighted by Gasteiger charge is -2.40. The Balaban J connectivity index is 1.46. The van der Waals surface area contributed by atoms with Gasteiger partial charge in [0.1, 0.15) is 0 Å². The van der Waals surface area contributed by atoms with Crippen molar-refractivity contribution in [1.82, 2.24) is 9.78 Å². The molecule has 218 valence electrons. The molecule has 0 saturated carbocycles. The van der Waals surface area contributed by atoms with Crippen LogP contribution in [-0.4, -0.2) is 32.5 Å². The summed E-state index contributed by atoms with van der Waals surface area (Å²) >= 11 is 0. The van der Waals surface area contributed by atoms with Crippen LogP contribution in [0.5, 0.6) is 0 Å². The van der Waals surface area contributed by atoms with E-state index in [1.807, 2.05) is 66.2 Å². The molecule has 5 aromatic rings. The second-order valence-corrected chi connectivity index (χ2v) is 12.1. The van der Waals surface area contributed by atoms with Crippen LogP contribution in [0.15, 0.2) is 113 Å². The molecule has 0 fully saturated rings. The number of hydrogen-bond donors (Lipinski definition) is 2. The van der Waals surface area contributed by atoms with Crippen LogP contribution in [0.1, 0.15) is 59.6 Å². The Morgan fingerprint density at radius 1 is 0.864 bits per heavy atom. The number of carbonyl (C=O) groups is 1. The van der Waals surface area contributed by atoms with Crippen molar-refractivity contribution in [3.05, 3.63) is 131 Å². The van der Waals surface area contributed by atoms with Crippen molar-refractivity contribution < 1.29 is 9.90 Å². The van der Waals surface area contributed by atoms with Gasteiger partial charge in [-0.25, -0.2) is 19.5 Å². The molecule has 0 amide bonds. The number of rotatable bonds is 4. The number of aromatic nitrogens is 2. The molecule has 2 aliphatic heterocycles. The standard InChI is InChI=1S/C36H32N6O2/c1-22-30-31(23-17-19-25(20-18-23)36(2,3)4)41-29-16-9-8-15-28(29)38-32(37-26-12-10-11-24(21-26)35(43)44)34(41)39-33(30)42(40-22)27-13-6-5-7-14-27/h5-21,31H,1-4H3,(H,37,38)(H,43,44)/t31-/m1/s1. The highest BCUT2D eigenvalue weighted by Crippen LogP contribution is 2.48. The number of fused-ring (bicyclic) bond motifs is 4. The zero-order valence-corrected chi connectivity index (χ0v) is 25.0. The minimum atomic E-state index is -0.994. The molecule has 7 rings (SSSR count). The lowest BCUT2D eigenvalue weighted by molar-refractivity contribution is 0.0697. The second-order valence-electron chi connectivity index (χ2n) is 12.1. The molecule has 2 N–H and O–H groups in total. The minimum Gasteiger partial charge on any atom is -0.478 e. The molecule has 0 saturated heterocycles. The van der Waals surface area contributed by atoms with Crippen LogP contribution in [0.2, 0.25) is 0 Å². The first kappa shape index (κ1) is 27.3. The highest BCUT2D eigenvalue weighted by molar-refractivity contribution is 6.51. The van der Waals surface area contributed by atoms with E-state index >= 15 is 0 Å². The molecule has 0 radical (unpaired) electrons. The molecular weight excluding hydrogens is 548 g/mol. The molecule has 0 aliphatic carbocycles. The summed E-state index contributed by atoms with van der Waals surface area (Å²) in [4.78, 5) is 24.2. The summed E-state index contributed by atoms with van der Waals surface area (Å²) in [7, 11) is 0. The average Bonchev–Trinajstić information content (AvgIpc) is 3.36. The molecule has 1 atom stereocenters. The van der Waals surface area contributed by atoms with Gasteiger partial charge in [0, 0.05) is 11.3 Å². The molecule has 8 heteroatoms. The predicted molar refractivity (Wildman–Crippen MR) is 175 cm³/mol. The van der Waals surface area contributed by atoms with Gasteiger partial charge in [0.05, 0.1) is 34.4 Å². The van der Waals surface area contributed by atoms with E-state index in [2.05, 4.69) is 61.3 Å². The summed E-state index contributed by atoms with van der Waals surface area (Å²) in [5.74, 6) is 0.885. The monoisotopic (exact) mass is 580 g/mol. The van der Waals surface area contributed by atoms with Crippen LogP contribution in [0.4, 0.5) is 22.9 Å². The fourth-order valence-electron chi connectivity index (χ4n) is 5.89. The summed E-state index contributed by atoms with van der Waals surface area (Å²) in [6.07, 6.45) is 0. The highest BCUT2D eigenvalue weighted by atomic mass is 16.4. The molecule has 4 aromatic carbocycles. The summed E-state index contributed by atoms with van der Waals surface area (Å²) in [6, 6.07) is 33.3. The van der Waals surface area contributed by atoms with Crippen LogP contribution in [0, 0.1) is 6.92 Å². The molecule has 8 nitrogen and oxygen atoms in total. The van der Waals surface area contributed by atoms with E-state index in [0.29, 0.717) is 17.4 Å². The number of aryl methyl sites for hydroxylation is 1. The van der Waals surface area contributed by atoms with Crippen molar-refractivity contribution in [2.45, 2.75) is 39.2 Å². The van der Waals surface area contributed by atoms with Crippen molar-refractivity contribution in [3.8, 4) is 5.69 Å². The van der Waals surface area contributed by atoms with Crippen LogP contribution in [0.3, 0.4) is 0 Å². The summed E-state index contributed by atoms with van der Waals surface area (Å²) in [5, 5.41) is 18.0. The smallest absolute Gasteiger partial charge is 0.335 e. The van der Waals surface area contributed by atoms with Crippen molar-refractivity contribution >= 4 is 40.5 Å². The SMILES string of the molecule is Cc1nn(-c2ccccc2)c2c1[C@@H](c1ccc(C(C)(C)C)cc1)N1C(=N2)C(Nc2cccc(C(=O)O)c2)=Nc2ccccc21. The van der Waals surface area contributed by atoms with Gasteiger partial charge in [-0.3, -0.25) is 0 Å². The fourth-order valence-corrected chi connectivity index (χ4v) is 5.89. The number of benzene rings is 4. The number of amidine groups is 2. The zero-order valence-electron chi connectivity index (χ0n) is 25.0. The van der Waals surface area contributed by atoms with Crippen molar-refractivity contribution in [2.75, 3.05) is 10.2 Å². The molecule has 3 heterocycles.